The maximum atomic E-state index is 2.49. The van der Waals surface area contributed by atoms with E-state index in [1.807, 2.05) is 0 Å². The lowest BCUT2D eigenvalue weighted by Gasteiger charge is -2.66. The molecule has 0 bridgehead atoms. The van der Waals surface area contributed by atoms with Crippen LogP contribution in [0, 0.1) is 23.2 Å². The van der Waals surface area contributed by atoms with Crippen LogP contribution in [0.15, 0.2) is 0 Å². The second-order valence-corrected chi connectivity index (χ2v) is 5.25. The summed E-state index contributed by atoms with van der Waals surface area (Å²) in [7, 11) is 0. The molecule has 2 saturated carbocycles. The number of hydrogen-bond donors (Lipinski definition) is 0. The molecule has 0 aromatic rings. The van der Waals surface area contributed by atoms with Crippen molar-refractivity contribution in [1.29, 1.82) is 0 Å². The van der Waals surface area contributed by atoms with Crippen molar-refractivity contribution in [2.75, 3.05) is 0 Å². The summed E-state index contributed by atoms with van der Waals surface area (Å²) in [5, 5.41) is 0. The van der Waals surface area contributed by atoms with Gasteiger partial charge in [0.15, 0.2) is 0 Å². The van der Waals surface area contributed by atoms with Crippen LogP contribution in [0.4, 0.5) is 0 Å². The van der Waals surface area contributed by atoms with E-state index in [4.69, 9.17) is 0 Å². The maximum Gasteiger partial charge on any atom is -0.0238 e. The van der Waals surface area contributed by atoms with Crippen molar-refractivity contribution in [3.63, 3.8) is 0 Å². The first kappa shape index (κ1) is 8.59. The number of rotatable bonds is 3. The summed E-state index contributed by atoms with van der Waals surface area (Å²) in [4.78, 5) is 0. The Bertz CT molecular complexity index is 173. The van der Waals surface area contributed by atoms with Gasteiger partial charge in [0.2, 0.25) is 0 Å². The standard InChI is InChI=1S/C12H22/c1-4-5-10(3)12-7-6-11(12)9(2)8-12/h9-11H,4-8H2,1-3H3. The third-order valence-corrected chi connectivity index (χ3v) is 4.75. The molecule has 2 aliphatic carbocycles. The molecule has 2 fully saturated rings. The van der Waals surface area contributed by atoms with Crippen LogP contribution in [0.25, 0.3) is 0 Å². The molecule has 0 N–H and O–H groups in total. The first-order valence-electron chi connectivity index (χ1n) is 5.70. The zero-order chi connectivity index (χ0) is 8.77. The SMILES string of the molecule is CCCC(C)C12CCC1C(C)C2. The van der Waals surface area contributed by atoms with Crippen LogP contribution in [0.5, 0.6) is 0 Å². The molecule has 0 radical (unpaired) electrons. The third kappa shape index (κ3) is 0.900. The molecule has 0 saturated heterocycles. The predicted molar refractivity (Wildman–Crippen MR) is 53.0 cm³/mol. The van der Waals surface area contributed by atoms with E-state index in [1.165, 1.54) is 19.3 Å². The topological polar surface area (TPSA) is 0 Å². The minimum Gasteiger partial charge on any atom is -0.0654 e. The maximum absolute atomic E-state index is 2.49. The van der Waals surface area contributed by atoms with Gasteiger partial charge in [-0.25, -0.2) is 0 Å². The van der Waals surface area contributed by atoms with Gasteiger partial charge in [0, 0.05) is 0 Å². The quantitative estimate of drug-likeness (QED) is 0.597. The van der Waals surface area contributed by atoms with E-state index in [0.717, 1.165) is 23.2 Å². The van der Waals surface area contributed by atoms with Crippen LogP contribution < -0.4 is 0 Å². The zero-order valence-electron chi connectivity index (χ0n) is 8.77. The van der Waals surface area contributed by atoms with E-state index in [-0.39, 0.29) is 0 Å². The molecule has 0 aliphatic heterocycles. The molecule has 0 spiro atoms. The molecule has 0 aromatic heterocycles. The molecular weight excluding hydrogens is 144 g/mol. The van der Waals surface area contributed by atoms with Crippen LogP contribution >= 0.6 is 0 Å². The number of fused-ring (bicyclic) bond motifs is 1. The van der Waals surface area contributed by atoms with Crippen molar-refractivity contribution in [1.82, 2.24) is 0 Å². The van der Waals surface area contributed by atoms with E-state index < -0.39 is 0 Å². The molecule has 0 amide bonds. The Hall–Kier alpha value is 0. The van der Waals surface area contributed by atoms with Gasteiger partial charge in [0.1, 0.15) is 0 Å². The van der Waals surface area contributed by atoms with Crippen LogP contribution in [-0.4, -0.2) is 0 Å². The van der Waals surface area contributed by atoms with Crippen molar-refractivity contribution < 1.29 is 0 Å². The Morgan fingerprint density at radius 2 is 2.25 bits per heavy atom. The fraction of sp³-hybridized carbons (Fsp3) is 1.00. The van der Waals surface area contributed by atoms with Gasteiger partial charge < -0.3 is 0 Å². The van der Waals surface area contributed by atoms with Crippen molar-refractivity contribution in [3.8, 4) is 0 Å². The highest BCUT2D eigenvalue weighted by atomic mass is 14.6. The Labute approximate surface area is 76.7 Å². The van der Waals surface area contributed by atoms with Gasteiger partial charge in [-0.15, -0.1) is 0 Å². The monoisotopic (exact) mass is 166 g/mol. The first-order chi connectivity index (χ1) is 5.70. The fourth-order valence-electron chi connectivity index (χ4n) is 3.90. The molecule has 2 rings (SSSR count). The van der Waals surface area contributed by atoms with Gasteiger partial charge in [-0.1, -0.05) is 33.6 Å². The van der Waals surface area contributed by atoms with E-state index in [1.54, 1.807) is 12.8 Å². The summed E-state index contributed by atoms with van der Waals surface area (Å²) >= 11 is 0. The highest BCUT2D eigenvalue weighted by Gasteiger charge is 2.59. The molecule has 0 aromatic carbocycles. The van der Waals surface area contributed by atoms with Gasteiger partial charge in [-0.2, -0.15) is 0 Å². The molecule has 4 atom stereocenters. The van der Waals surface area contributed by atoms with Gasteiger partial charge in [0.25, 0.3) is 0 Å². The second-order valence-electron chi connectivity index (χ2n) is 5.25. The van der Waals surface area contributed by atoms with Gasteiger partial charge in [0.05, 0.1) is 0 Å². The molecule has 12 heavy (non-hydrogen) atoms. The Balaban J connectivity index is 1.95. The smallest absolute Gasteiger partial charge is 0.0238 e. The molecule has 0 nitrogen and oxygen atoms in total. The van der Waals surface area contributed by atoms with Crippen molar-refractivity contribution in [2.45, 2.75) is 52.9 Å². The van der Waals surface area contributed by atoms with Gasteiger partial charge >= 0.3 is 0 Å². The predicted octanol–water partition coefficient (Wildman–Crippen LogP) is 3.86. The van der Waals surface area contributed by atoms with Crippen molar-refractivity contribution in [2.24, 2.45) is 23.2 Å². The molecular formula is C12H22. The number of hydrogen-bond acceptors (Lipinski definition) is 0. The highest BCUT2D eigenvalue weighted by molar-refractivity contribution is 5.08. The van der Waals surface area contributed by atoms with E-state index >= 15 is 0 Å². The largest absolute Gasteiger partial charge is 0.0654 e. The second kappa shape index (κ2) is 2.75. The third-order valence-electron chi connectivity index (χ3n) is 4.75. The Morgan fingerprint density at radius 3 is 2.58 bits per heavy atom. The Kier molecular flexibility index (Phi) is 1.97. The summed E-state index contributed by atoms with van der Waals surface area (Å²) in [5.74, 6) is 3.19. The minimum absolute atomic E-state index is 0.843. The summed E-state index contributed by atoms with van der Waals surface area (Å²) < 4.78 is 0. The Morgan fingerprint density at radius 1 is 1.50 bits per heavy atom. The van der Waals surface area contributed by atoms with E-state index in [2.05, 4.69) is 20.8 Å². The lowest BCUT2D eigenvalue weighted by Crippen LogP contribution is -2.57. The van der Waals surface area contributed by atoms with Crippen LogP contribution in [-0.2, 0) is 0 Å². The summed E-state index contributed by atoms with van der Waals surface area (Å²) in [6.45, 7) is 7.26. The molecule has 0 heterocycles. The summed E-state index contributed by atoms with van der Waals surface area (Å²) in [6, 6.07) is 0. The molecule has 2 aliphatic rings. The van der Waals surface area contributed by atoms with Crippen molar-refractivity contribution >= 4 is 0 Å². The average molecular weight is 166 g/mol. The van der Waals surface area contributed by atoms with Gasteiger partial charge in [-0.3, -0.25) is 0 Å². The lowest BCUT2D eigenvalue weighted by atomic mass is 9.39. The van der Waals surface area contributed by atoms with Crippen LogP contribution in [0.3, 0.4) is 0 Å². The van der Waals surface area contributed by atoms with E-state index in [9.17, 15) is 0 Å². The minimum atomic E-state index is 0.843. The van der Waals surface area contributed by atoms with Gasteiger partial charge in [-0.05, 0) is 42.4 Å². The summed E-state index contributed by atoms with van der Waals surface area (Å²) in [5.41, 5.74) is 0.843. The zero-order valence-corrected chi connectivity index (χ0v) is 8.77. The van der Waals surface area contributed by atoms with Crippen LogP contribution in [0.1, 0.15) is 52.9 Å². The molecule has 4 unspecified atom stereocenters. The molecule has 0 heteroatoms. The van der Waals surface area contributed by atoms with E-state index in [0.29, 0.717) is 0 Å². The normalized spacial score (nSPS) is 47.2. The first-order valence-corrected chi connectivity index (χ1v) is 5.70. The lowest BCUT2D eigenvalue weighted by molar-refractivity contribution is -0.164. The molecule has 70 valence electrons. The van der Waals surface area contributed by atoms with Crippen molar-refractivity contribution in [3.05, 3.63) is 0 Å². The fourth-order valence-corrected chi connectivity index (χ4v) is 3.90. The van der Waals surface area contributed by atoms with Crippen LogP contribution in [0.2, 0.25) is 0 Å². The summed E-state index contributed by atoms with van der Waals surface area (Å²) in [6.07, 6.45) is 7.46. The average Bonchev–Trinajstić information content (AvgIpc) is 1.99. The highest BCUT2D eigenvalue weighted by Crippen LogP contribution is 2.68.